The maximum Gasteiger partial charge on any atom is 0.328 e. The first-order chi connectivity index (χ1) is 5.68. The number of nitrogens with one attached hydrogen (secondary N) is 1. The van der Waals surface area contributed by atoms with Crippen molar-refractivity contribution in [2.45, 2.75) is 18.4 Å². The molecule has 0 heterocycles. The standard InChI is InChI=1S/C8H13NO3/c10-6-8(3-4-8)9-5-1-2-7(11)12/h1-2,9-10H,3-6H2,(H,11,12)/b2-1+. The van der Waals surface area contributed by atoms with Crippen LogP contribution in [0.4, 0.5) is 0 Å². The van der Waals surface area contributed by atoms with Crippen LogP contribution in [0.5, 0.6) is 0 Å². The van der Waals surface area contributed by atoms with Gasteiger partial charge in [0.1, 0.15) is 0 Å². The van der Waals surface area contributed by atoms with E-state index in [1.165, 1.54) is 6.08 Å². The third-order valence-electron chi connectivity index (χ3n) is 2.01. The lowest BCUT2D eigenvalue weighted by Gasteiger charge is -2.11. The lowest BCUT2D eigenvalue weighted by Crippen LogP contribution is -2.34. The maximum atomic E-state index is 10.0. The zero-order valence-electron chi connectivity index (χ0n) is 6.79. The van der Waals surface area contributed by atoms with Crippen LogP contribution in [0.25, 0.3) is 0 Å². The van der Waals surface area contributed by atoms with Gasteiger partial charge in [-0.3, -0.25) is 0 Å². The van der Waals surface area contributed by atoms with Gasteiger partial charge in [0.25, 0.3) is 0 Å². The quantitative estimate of drug-likeness (QED) is 0.498. The van der Waals surface area contributed by atoms with E-state index in [1.54, 1.807) is 0 Å². The third-order valence-corrected chi connectivity index (χ3v) is 2.01. The number of aliphatic hydroxyl groups is 1. The van der Waals surface area contributed by atoms with Gasteiger partial charge in [0.05, 0.1) is 6.61 Å². The number of carbonyl (C=O) groups is 1. The van der Waals surface area contributed by atoms with E-state index in [1.807, 2.05) is 0 Å². The van der Waals surface area contributed by atoms with E-state index < -0.39 is 5.97 Å². The smallest absolute Gasteiger partial charge is 0.328 e. The van der Waals surface area contributed by atoms with Crippen LogP contribution in [0.15, 0.2) is 12.2 Å². The summed E-state index contributed by atoms with van der Waals surface area (Å²) in [5, 5.41) is 20.2. The molecule has 0 atom stereocenters. The van der Waals surface area contributed by atoms with E-state index in [4.69, 9.17) is 10.2 Å². The Balaban J connectivity index is 2.14. The molecule has 3 N–H and O–H groups in total. The number of carboxylic acids is 1. The highest BCUT2D eigenvalue weighted by Crippen LogP contribution is 2.34. The topological polar surface area (TPSA) is 69.6 Å². The molecular formula is C8H13NO3. The lowest BCUT2D eigenvalue weighted by molar-refractivity contribution is -0.131. The minimum atomic E-state index is -0.939. The van der Waals surface area contributed by atoms with Gasteiger partial charge in [-0.15, -0.1) is 0 Å². The maximum absolute atomic E-state index is 10.0. The zero-order chi connectivity index (χ0) is 9.03. The second kappa shape index (κ2) is 3.69. The van der Waals surface area contributed by atoms with Gasteiger partial charge in [-0.25, -0.2) is 4.79 Å². The van der Waals surface area contributed by atoms with Crippen LogP contribution in [-0.2, 0) is 4.79 Å². The Morgan fingerprint density at radius 1 is 1.58 bits per heavy atom. The molecule has 68 valence electrons. The van der Waals surface area contributed by atoms with E-state index in [0.29, 0.717) is 6.54 Å². The summed E-state index contributed by atoms with van der Waals surface area (Å²) in [5.41, 5.74) is -0.108. The van der Waals surface area contributed by atoms with Crippen LogP contribution < -0.4 is 5.32 Å². The van der Waals surface area contributed by atoms with Gasteiger partial charge < -0.3 is 15.5 Å². The molecule has 0 aromatic rings. The third kappa shape index (κ3) is 2.64. The Kier molecular flexibility index (Phi) is 2.83. The second-order valence-electron chi connectivity index (χ2n) is 3.06. The molecule has 0 amide bonds. The molecule has 0 bridgehead atoms. The van der Waals surface area contributed by atoms with Crippen LogP contribution >= 0.6 is 0 Å². The van der Waals surface area contributed by atoms with Gasteiger partial charge >= 0.3 is 5.97 Å². The van der Waals surface area contributed by atoms with Crippen molar-refractivity contribution in [1.29, 1.82) is 0 Å². The van der Waals surface area contributed by atoms with Crippen LogP contribution in [-0.4, -0.2) is 34.9 Å². The van der Waals surface area contributed by atoms with Gasteiger partial charge in [0.15, 0.2) is 0 Å². The SMILES string of the molecule is O=C(O)/C=C/CNC1(CO)CC1. The van der Waals surface area contributed by atoms with Crippen LogP contribution in [0.2, 0.25) is 0 Å². The number of hydrogen-bond donors (Lipinski definition) is 3. The molecule has 4 nitrogen and oxygen atoms in total. The van der Waals surface area contributed by atoms with Crippen molar-refractivity contribution in [2.75, 3.05) is 13.2 Å². The number of rotatable bonds is 5. The summed E-state index contributed by atoms with van der Waals surface area (Å²) >= 11 is 0. The fourth-order valence-corrected chi connectivity index (χ4v) is 0.977. The van der Waals surface area contributed by atoms with Crippen LogP contribution in [0, 0.1) is 0 Å². The summed E-state index contributed by atoms with van der Waals surface area (Å²) < 4.78 is 0. The normalized spacial score (nSPS) is 19.8. The van der Waals surface area contributed by atoms with Crippen molar-refractivity contribution in [3.05, 3.63) is 12.2 Å². The Labute approximate surface area is 70.9 Å². The predicted molar refractivity (Wildman–Crippen MR) is 43.8 cm³/mol. The number of aliphatic hydroxyl groups excluding tert-OH is 1. The predicted octanol–water partition coefficient (Wildman–Crippen LogP) is -0.258. The van der Waals surface area contributed by atoms with E-state index in [0.717, 1.165) is 18.9 Å². The highest BCUT2D eigenvalue weighted by atomic mass is 16.4. The summed E-state index contributed by atoms with van der Waals surface area (Å²) in [6, 6.07) is 0. The minimum absolute atomic E-state index is 0.108. The van der Waals surface area contributed by atoms with Gasteiger partial charge in [-0.2, -0.15) is 0 Å². The highest BCUT2D eigenvalue weighted by molar-refractivity contribution is 5.79. The molecule has 1 saturated carbocycles. The first-order valence-corrected chi connectivity index (χ1v) is 3.94. The van der Waals surface area contributed by atoms with Gasteiger partial charge in [-0.1, -0.05) is 6.08 Å². The second-order valence-corrected chi connectivity index (χ2v) is 3.06. The van der Waals surface area contributed by atoms with Crippen molar-refractivity contribution in [3.8, 4) is 0 Å². The summed E-state index contributed by atoms with van der Waals surface area (Å²) in [6.45, 7) is 0.640. The molecule has 1 fully saturated rings. The van der Waals surface area contributed by atoms with Crippen molar-refractivity contribution in [1.82, 2.24) is 5.32 Å². The van der Waals surface area contributed by atoms with E-state index in [9.17, 15) is 4.79 Å². The first kappa shape index (κ1) is 9.22. The summed E-state index contributed by atoms with van der Waals surface area (Å²) in [6.07, 6.45) is 4.59. The summed E-state index contributed by atoms with van der Waals surface area (Å²) in [7, 11) is 0. The average Bonchev–Trinajstić information content (AvgIpc) is 2.79. The summed E-state index contributed by atoms with van der Waals surface area (Å²) in [5.74, 6) is -0.939. The Bertz CT molecular complexity index is 196. The molecular weight excluding hydrogens is 158 g/mol. The lowest BCUT2D eigenvalue weighted by atomic mass is 10.3. The number of carboxylic acid groups (broad SMARTS) is 1. The number of aliphatic carboxylic acids is 1. The van der Waals surface area contributed by atoms with Crippen molar-refractivity contribution in [3.63, 3.8) is 0 Å². The molecule has 1 aliphatic rings. The molecule has 0 aromatic heterocycles. The molecule has 0 unspecified atom stereocenters. The van der Waals surface area contributed by atoms with Gasteiger partial charge in [0, 0.05) is 18.2 Å². The van der Waals surface area contributed by atoms with Crippen molar-refractivity contribution < 1.29 is 15.0 Å². The fraction of sp³-hybridized carbons (Fsp3) is 0.625. The van der Waals surface area contributed by atoms with Crippen molar-refractivity contribution >= 4 is 5.97 Å². The Morgan fingerprint density at radius 3 is 2.67 bits per heavy atom. The van der Waals surface area contributed by atoms with Crippen LogP contribution in [0.3, 0.4) is 0 Å². The molecule has 4 heteroatoms. The van der Waals surface area contributed by atoms with Crippen molar-refractivity contribution in [2.24, 2.45) is 0 Å². The van der Waals surface area contributed by atoms with E-state index in [2.05, 4.69) is 5.32 Å². The Hall–Kier alpha value is -0.870. The monoisotopic (exact) mass is 171 g/mol. The van der Waals surface area contributed by atoms with E-state index >= 15 is 0 Å². The largest absolute Gasteiger partial charge is 0.478 e. The van der Waals surface area contributed by atoms with Crippen LogP contribution in [0.1, 0.15) is 12.8 Å². The first-order valence-electron chi connectivity index (χ1n) is 3.94. The molecule has 0 radical (unpaired) electrons. The molecule has 0 aliphatic heterocycles. The molecule has 1 rings (SSSR count). The minimum Gasteiger partial charge on any atom is -0.478 e. The number of hydrogen-bond acceptors (Lipinski definition) is 3. The molecule has 0 aromatic carbocycles. The van der Waals surface area contributed by atoms with E-state index in [-0.39, 0.29) is 12.1 Å². The molecule has 0 spiro atoms. The zero-order valence-corrected chi connectivity index (χ0v) is 6.79. The fourth-order valence-electron chi connectivity index (χ4n) is 0.977. The van der Waals surface area contributed by atoms with Gasteiger partial charge in [0.2, 0.25) is 0 Å². The highest BCUT2D eigenvalue weighted by Gasteiger charge is 2.40. The summed E-state index contributed by atoms with van der Waals surface area (Å²) in [4.78, 5) is 10.0. The molecule has 12 heavy (non-hydrogen) atoms. The molecule has 0 saturated heterocycles. The molecule has 1 aliphatic carbocycles. The van der Waals surface area contributed by atoms with Gasteiger partial charge in [-0.05, 0) is 12.8 Å². The average molecular weight is 171 g/mol. The Morgan fingerprint density at radius 2 is 2.25 bits per heavy atom.